The Morgan fingerprint density at radius 1 is 1.46 bits per heavy atom. The zero-order valence-electron chi connectivity index (χ0n) is 8.58. The summed E-state index contributed by atoms with van der Waals surface area (Å²) in [6.45, 7) is 4.38. The lowest BCUT2D eigenvalue weighted by molar-refractivity contribution is 0.654. The van der Waals surface area contributed by atoms with Crippen LogP contribution in [0.3, 0.4) is 0 Å². The molecule has 0 saturated heterocycles. The highest BCUT2D eigenvalue weighted by Gasteiger charge is 2.04. The van der Waals surface area contributed by atoms with Gasteiger partial charge in [0.1, 0.15) is 0 Å². The van der Waals surface area contributed by atoms with Gasteiger partial charge in [0.05, 0.1) is 0 Å². The Bertz CT molecular complexity index is 327. The van der Waals surface area contributed by atoms with E-state index in [0.29, 0.717) is 5.92 Å². The molecule has 0 radical (unpaired) electrons. The van der Waals surface area contributed by atoms with E-state index in [1.807, 2.05) is 12.3 Å². The number of rotatable bonds is 3. The summed E-state index contributed by atoms with van der Waals surface area (Å²) < 4.78 is 1.64. The molecule has 1 aromatic rings. The molecule has 1 atom stereocenters. The molecule has 0 aliphatic carbocycles. The van der Waals surface area contributed by atoms with E-state index in [9.17, 15) is 4.79 Å². The van der Waals surface area contributed by atoms with E-state index in [2.05, 4.69) is 13.8 Å². The number of aromatic nitrogens is 1. The molecule has 0 saturated carbocycles. The molecule has 0 spiro atoms. The molecule has 1 heterocycles. The second kappa shape index (κ2) is 4.26. The van der Waals surface area contributed by atoms with Crippen LogP contribution in [-0.4, -0.2) is 4.57 Å². The maximum atomic E-state index is 11.1. The quantitative estimate of drug-likeness (QED) is 0.697. The first kappa shape index (κ1) is 10.0. The summed E-state index contributed by atoms with van der Waals surface area (Å²) in [5.41, 5.74) is 1.32. The highest BCUT2D eigenvalue weighted by Crippen LogP contribution is 2.18. The molecule has 0 N–H and O–H groups in total. The highest BCUT2D eigenvalue weighted by atomic mass is 16.1. The van der Waals surface area contributed by atoms with Crippen LogP contribution in [0, 0.1) is 0 Å². The summed E-state index contributed by atoms with van der Waals surface area (Å²) >= 11 is 0. The van der Waals surface area contributed by atoms with E-state index >= 15 is 0 Å². The first-order valence-corrected chi connectivity index (χ1v) is 4.81. The molecule has 2 nitrogen and oxygen atoms in total. The predicted octanol–water partition coefficient (Wildman–Crippen LogP) is 2.29. The lowest BCUT2D eigenvalue weighted by Gasteiger charge is -2.10. The van der Waals surface area contributed by atoms with Crippen LogP contribution in [0.2, 0.25) is 0 Å². The molecule has 0 bridgehead atoms. The second-order valence-electron chi connectivity index (χ2n) is 3.60. The van der Waals surface area contributed by atoms with Gasteiger partial charge in [-0.3, -0.25) is 4.79 Å². The van der Waals surface area contributed by atoms with Crippen molar-refractivity contribution in [2.45, 2.75) is 32.6 Å². The van der Waals surface area contributed by atoms with Crippen LogP contribution in [0.4, 0.5) is 0 Å². The molecule has 1 unspecified atom stereocenters. The molecule has 0 aliphatic rings. The third-order valence-corrected chi connectivity index (χ3v) is 2.40. The van der Waals surface area contributed by atoms with Crippen LogP contribution < -0.4 is 5.56 Å². The zero-order valence-corrected chi connectivity index (χ0v) is 8.58. The van der Waals surface area contributed by atoms with Gasteiger partial charge in [-0.1, -0.05) is 26.3 Å². The lowest BCUT2D eigenvalue weighted by atomic mass is 9.98. The van der Waals surface area contributed by atoms with E-state index in [0.717, 1.165) is 0 Å². The topological polar surface area (TPSA) is 22.0 Å². The van der Waals surface area contributed by atoms with Crippen molar-refractivity contribution < 1.29 is 0 Å². The van der Waals surface area contributed by atoms with E-state index < -0.39 is 0 Å². The number of hydrogen-bond donors (Lipinski definition) is 0. The third kappa shape index (κ3) is 2.44. The standard InChI is InChI=1S/C11H17NO/c1-4-5-9(2)10-6-7-11(13)12(3)8-10/h6-9H,4-5H2,1-3H3. The molecular formula is C11H17NO. The lowest BCUT2D eigenvalue weighted by Crippen LogP contribution is -2.15. The van der Waals surface area contributed by atoms with Gasteiger partial charge in [0.25, 0.3) is 0 Å². The Balaban J connectivity index is 2.90. The maximum Gasteiger partial charge on any atom is 0.250 e. The van der Waals surface area contributed by atoms with Crippen molar-refractivity contribution in [3.05, 3.63) is 34.2 Å². The monoisotopic (exact) mass is 179 g/mol. The van der Waals surface area contributed by atoms with Gasteiger partial charge in [0.15, 0.2) is 0 Å². The van der Waals surface area contributed by atoms with Gasteiger partial charge in [-0.15, -0.1) is 0 Å². The minimum absolute atomic E-state index is 0.0625. The molecule has 1 rings (SSSR count). The van der Waals surface area contributed by atoms with Gasteiger partial charge >= 0.3 is 0 Å². The summed E-state index contributed by atoms with van der Waals surface area (Å²) in [5.74, 6) is 0.553. The Morgan fingerprint density at radius 3 is 2.69 bits per heavy atom. The average molecular weight is 179 g/mol. The first-order chi connectivity index (χ1) is 6.15. The molecule has 0 amide bonds. The van der Waals surface area contributed by atoms with Crippen molar-refractivity contribution in [3.63, 3.8) is 0 Å². The summed E-state index contributed by atoms with van der Waals surface area (Å²) in [7, 11) is 1.80. The second-order valence-corrected chi connectivity index (χ2v) is 3.60. The minimum atomic E-state index is 0.0625. The number of nitrogens with zero attached hydrogens (tertiary/aromatic N) is 1. The van der Waals surface area contributed by atoms with Gasteiger partial charge in [0.2, 0.25) is 5.56 Å². The van der Waals surface area contributed by atoms with Crippen molar-refractivity contribution in [2.75, 3.05) is 0 Å². The summed E-state index contributed by atoms with van der Waals surface area (Å²) in [5, 5.41) is 0. The van der Waals surface area contributed by atoms with Crippen LogP contribution in [0.5, 0.6) is 0 Å². The Hall–Kier alpha value is -1.05. The third-order valence-electron chi connectivity index (χ3n) is 2.40. The van der Waals surface area contributed by atoms with Crippen LogP contribution >= 0.6 is 0 Å². The summed E-state index contributed by atoms with van der Waals surface area (Å²) in [6.07, 6.45) is 4.30. The smallest absolute Gasteiger partial charge is 0.250 e. The van der Waals surface area contributed by atoms with Crippen molar-refractivity contribution >= 4 is 0 Å². The van der Waals surface area contributed by atoms with Crippen LogP contribution in [0.25, 0.3) is 0 Å². The fourth-order valence-corrected chi connectivity index (χ4v) is 1.51. The molecule has 0 aliphatic heterocycles. The van der Waals surface area contributed by atoms with E-state index in [4.69, 9.17) is 0 Å². The first-order valence-electron chi connectivity index (χ1n) is 4.81. The van der Waals surface area contributed by atoms with E-state index in [-0.39, 0.29) is 5.56 Å². The van der Waals surface area contributed by atoms with Gasteiger partial charge < -0.3 is 4.57 Å². The van der Waals surface area contributed by atoms with Crippen molar-refractivity contribution in [3.8, 4) is 0 Å². The average Bonchev–Trinajstić information content (AvgIpc) is 2.10. The number of pyridine rings is 1. The van der Waals surface area contributed by atoms with Gasteiger partial charge in [0, 0.05) is 19.3 Å². The van der Waals surface area contributed by atoms with Gasteiger partial charge in [-0.2, -0.15) is 0 Å². The Kier molecular flexibility index (Phi) is 3.29. The van der Waals surface area contributed by atoms with Crippen LogP contribution in [0.1, 0.15) is 38.2 Å². The summed E-state index contributed by atoms with van der Waals surface area (Å²) in [4.78, 5) is 11.1. The van der Waals surface area contributed by atoms with Crippen LogP contribution in [-0.2, 0) is 7.05 Å². The molecule has 13 heavy (non-hydrogen) atoms. The normalized spacial score (nSPS) is 12.8. The molecule has 1 aromatic heterocycles. The summed E-state index contributed by atoms with van der Waals surface area (Å²) in [6, 6.07) is 3.57. The predicted molar refractivity (Wildman–Crippen MR) is 55.0 cm³/mol. The molecular weight excluding hydrogens is 162 g/mol. The molecule has 2 heteroatoms. The van der Waals surface area contributed by atoms with Gasteiger partial charge in [-0.25, -0.2) is 0 Å². The number of hydrogen-bond acceptors (Lipinski definition) is 1. The SMILES string of the molecule is CCCC(C)c1ccc(=O)n(C)c1. The fraction of sp³-hybridized carbons (Fsp3) is 0.545. The minimum Gasteiger partial charge on any atom is -0.318 e. The largest absolute Gasteiger partial charge is 0.318 e. The molecule has 0 aromatic carbocycles. The van der Waals surface area contributed by atoms with Crippen molar-refractivity contribution in [2.24, 2.45) is 7.05 Å². The van der Waals surface area contributed by atoms with Gasteiger partial charge in [-0.05, 0) is 17.9 Å². The Morgan fingerprint density at radius 2 is 2.15 bits per heavy atom. The highest BCUT2D eigenvalue weighted by molar-refractivity contribution is 5.14. The molecule has 0 fully saturated rings. The maximum absolute atomic E-state index is 11.1. The van der Waals surface area contributed by atoms with E-state index in [1.54, 1.807) is 17.7 Å². The van der Waals surface area contributed by atoms with E-state index in [1.165, 1.54) is 18.4 Å². The van der Waals surface area contributed by atoms with Crippen molar-refractivity contribution in [1.29, 1.82) is 0 Å². The van der Waals surface area contributed by atoms with Crippen molar-refractivity contribution in [1.82, 2.24) is 4.57 Å². The zero-order chi connectivity index (χ0) is 9.84. The fourth-order valence-electron chi connectivity index (χ4n) is 1.51. The molecule has 72 valence electrons. The number of aryl methyl sites for hydroxylation is 1. The Labute approximate surface area is 79.2 Å². The van der Waals surface area contributed by atoms with Crippen LogP contribution in [0.15, 0.2) is 23.1 Å².